The van der Waals surface area contributed by atoms with Crippen molar-refractivity contribution in [2.45, 2.75) is 6.61 Å². The molecule has 0 atom stereocenters. The van der Waals surface area contributed by atoms with Gasteiger partial charge < -0.3 is 14.8 Å². The number of hydrogen-bond donors (Lipinski definition) is 1. The van der Waals surface area contributed by atoms with Crippen molar-refractivity contribution >= 4 is 34.5 Å². The van der Waals surface area contributed by atoms with E-state index in [4.69, 9.17) is 21.1 Å². The summed E-state index contributed by atoms with van der Waals surface area (Å²) in [5, 5.41) is 5.32. The van der Waals surface area contributed by atoms with Crippen LogP contribution in [0.3, 0.4) is 0 Å². The third kappa shape index (κ3) is 4.75. The van der Waals surface area contributed by atoms with Gasteiger partial charge in [-0.2, -0.15) is 0 Å². The Morgan fingerprint density at radius 2 is 1.92 bits per heavy atom. The van der Waals surface area contributed by atoms with Crippen molar-refractivity contribution in [1.82, 2.24) is 0 Å². The molecule has 0 radical (unpaired) electrons. The van der Waals surface area contributed by atoms with E-state index in [1.165, 1.54) is 11.3 Å². The van der Waals surface area contributed by atoms with Crippen molar-refractivity contribution in [3.05, 3.63) is 75.4 Å². The smallest absolute Gasteiger partial charge is 0.265 e. The van der Waals surface area contributed by atoms with Gasteiger partial charge in [-0.3, -0.25) is 4.79 Å². The lowest BCUT2D eigenvalue weighted by atomic mass is 10.3. The molecule has 0 saturated heterocycles. The first kappa shape index (κ1) is 17.3. The number of nitrogens with one attached hydrogen (secondary N) is 1. The van der Waals surface area contributed by atoms with Crippen molar-refractivity contribution in [2.75, 3.05) is 12.4 Å². The predicted octanol–water partition coefficient (Wildman–Crippen LogP) is 5.24. The van der Waals surface area contributed by atoms with Crippen LogP contribution in [0.15, 0.2) is 60.0 Å². The summed E-state index contributed by atoms with van der Waals surface area (Å²) in [7, 11) is 1.61. The highest BCUT2D eigenvalue weighted by atomic mass is 35.5. The van der Waals surface area contributed by atoms with Gasteiger partial charge in [-0.15, -0.1) is 11.3 Å². The minimum atomic E-state index is -0.167. The Bertz CT molecular complexity index is 878. The van der Waals surface area contributed by atoms with Crippen LogP contribution in [-0.2, 0) is 6.61 Å². The molecule has 1 amide bonds. The van der Waals surface area contributed by atoms with Crippen molar-refractivity contribution < 1.29 is 14.3 Å². The maximum atomic E-state index is 12.3. The van der Waals surface area contributed by atoms with Crippen LogP contribution < -0.4 is 14.8 Å². The number of rotatable bonds is 6. The Balaban J connectivity index is 1.60. The van der Waals surface area contributed by atoms with Gasteiger partial charge in [0.2, 0.25) is 0 Å². The molecule has 0 aliphatic carbocycles. The summed E-state index contributed by atoms with van der Waals surface area (Å²) < 4.78 is 10.9. The van der Waals surface area contributed by atoms with Crippen LogP contribution in [0.2, 0.25) is 5.02 Å². The number of ether oxygens (including phenoxy) is 2. The lowest BCUT2D eigenvalue weighted by Crippen LogP contribution is -2.10. The Morgan fingerprint density at radius 3 is 2.72 bits per heavy atom. The van der Waals surface area contributed by atoms with Gasteiger partial charge in [-0.25, -0.2) is 0 Å². The molecule has 3 rings (SSSR count). The monoisotopic (exact) mass is 373 g/mol. The van der Waals surface area contributed by atoms with Gasteiger partial charge in [0, 0.05) is 22.3 Å². The predicted molar refractivity (Wildman–Crippen MR) is 101 cm³/mol. The summed E-state index contributed by atoms with van der Waals surface area (Å²) in [5.41, 5.74) is 1.60. The van der Waals surface area contributed by atoms with Gasteiger partial charge in [0.05, 0.1) is 12.0 Å². The molecule has 1 N–H and O–H groups in total. The fourth-order valence-electron chi connectivity index (χ4n) is 2.19. The fourth-order valence-corrected chi connectivity index (χ4v) is 3.17. The first-order valence-corrected chi connectivity index (χ1v) is 8.81. The largest absolute Gasteiger partial charge is 0.497 e. The number of halogens is 1. The standard InChI is InChI=1S/C19H16ClNO3S/c1-23-16-6-3-7-17(10-16)24-11-13-8-18(25-12-13)19(22)21-15-5-2-4-14(20)9-15/h2-10,12H,11H2,1H3,(H,21,22). The van der Waals surface area contributed by atoms with Crippen molar-refractivity contribution in [1.29, 1.82) is 0 Å². The van der Waals surface area contributed by atoms with Gasteiger partial charge in [0.25, 0.3) is 5.91 Å². The number of hydrogen-bond acceptors (Lipinski definition) is 4. The number of thiophene rings is 1. The van der Waals surface area contributed by atoms with Crippen LogP contribution in [0.5, 0.6) is 11.5 Å². The number of carbonyl (C=O) groups is 1. The molecule has 0 saturated carbocycles. The van der Waals surface area contributed by atoms with Gasteiger partial charge >= 0.3 is 0 Å². The zero-order chi connectivity index (χ0) is 17.6. The van der Waals surface area contributed by atoms with Gasteiger partial charge in [-0.05, 0) is 41.8 Å². The number of benzene rings is 2. The van der Waals surface area contributed by atoms with Crippen molar-refractivity contribution in [3.8, 4) is 11.5 Å². The second-order valence-corrected chi connectivity index (χ2v) is 6.60. The van der Waals surface area contributed by atoms with Crippen molar-refractivity contribution in [2.24, 2.45) is 0 Å². The van der Waals surface area contributed by atoms with Gasteiger partial charge in [-0.1, -0.05) is 23.7 Å². The summed E-state index contributed by atoms with van der Waals surface area (Å²) in [6.45, 7) is 0.383. The van der Waals surface area contributed by atoms with Crippen LogP contribution in [0.25, 0.3) is 0 Å². The summed E-state index contributed by atoms with van der Waals surface area (Å²) >= 11 is 7.30. The summed E-state index contributed by atoms with van der Waals surface area (Å²) in [5.74, 6) is 1.29. The second kappa shape index (κ2) is 8.05. The molecule has 2 aromatic carbocycles. The van der Waals surface area contributed by atoms with E-state index < -0.39 is 0 Å². The number of amides is 1. The third-order valence-corrected chi connectivity index (χ3v) is 4.62. The molecule has 0 bridgehead atoms. The van der Waals surface area contributed by atoms with Gasteiger partial charge in [0.1, 0.15) is 18.1 Å². The molecular formula is C19H16ClNO3S. The molecule has 1 aromatic heterocycles. The molecule has 0 fully saturated rings. The lowest BCUT2D eigenvalue weighted by molar-refractivity contribution is 0.103. The molecule has 128 valence electrons. The molecule has 0 unspecified atom stereocenters. The zero-order valence-electron chi connectivity index (χ0n) is 13.5. The van der Waals surface area contributed by atoms with Crippen LogP contribution in [0, 0.1) is 0 Å². The average molecular weight is 374 g/mol. The van der Waals surface area contributed by atoms with E-state index in [-0.39, 0.29) is 5.91 Å². The number of anilines is 1. The zero-order valence-corrected chi connectivity index (χ0v) is 15.1. The van der Waals surface area contributed by atoms with Crippen LogP contribution in [0.1, 0.15) is 15.2 Å². The van der Waals surface area contributed by atoms with Gasteiger partial charge in [0.15, 0.2) is 0 Å². The molecule has 0 spiro atoms. The highest BCUT2D eigenvalue weighted by Crippen LogP contribution is 2.22. The molecule has 1 heterocycles. The first-order valence-electron chi connectivity index (χ1n) is 7.55. The van der Waals surface area contributed by atoms with E-state index in [9.17, 15) is 4.79 Å². The quantitative estimate of drug-likeness (QED) is 0.642. The SMILES string of the molecule is COc1cccc(OCc2csc(C(=O)Nc3cccc(Cl)c3)c2)c1. The Labute approximate surface area is 155 Å². The Morgan fingerprint density at radius 1 is 1.12 bits per heavy atom. The minimum Gasteiger partial charge on any atom is -0.497 e. The summed E-state index contributed by atoms with van der Waals surface area (Å²) in [6.07, 6.45) is 0. The van der Waals surface area contributed by atoms with Crippen LogP contribution in [0.4, 0.5) is 5.69 Å². The highest BCUT2D eigenvalue weighted by molar-refractivity contribution is 7.12. The maximum absolute atomic E-state index is 12.3. The van der Waals surface area contributed by atoms with E-state index in [0.717, 1.165) is 17.1 Å². The number of methoxy groups -OCH3 is 1. The molecular weight excluding hydrogens is 358 g/mol. The fraction of sp³-hybridized carbons (Fsp3) is 0.105. The first-order chi connectivity index (χ1) is 12.1. The molecule has 3 aromatic rings. The Hall–Kier alpha value is -2.50. The van der Waals surface area contributed by atoms with Crippen molar-refractivity contribution in [3.63, 3.8) is 0 Å². The van der Waals surface area contributed by atoms with E-state index in [1.54, 1.807) is 31.4 Å². The topological polar surface area (TPSA) is 47.6 Å². The summed E-state index contributed by atoms with van der Waals surface area (Å²) in [4.78, 5) is 12.9. The minimum absolute atomic E-state index is 0.167. The second-order valence-electron chi connectivity index (χ2n) is 5.25. The van der Waals surface area contributed by atoms with Crippen LogP contribution in [-0.4, -0.2) is 13.0 Å². The van der Waals surface area contributed by atoms with E-state index in [0.29, 0.717) is 22.2 Å². The molecule has 25 heavy (non-hydrogen) atoms. The third-order valence-electron chi connectivity index (χ3n) is 3.41. The molecule has 4 nitrogen and oxygen atoms in total. The normalized spacial score (nSPS) is 10.3. The Kier molecular flexibility index (Phi) is 5.58. The summed E-state index contributed by atoms with van der Waals surface area (Å²) in [6, 6.07) is 16.3. The van der Waals surface area contributed by atoms with E-state index in [1.807, 2.05) is 35.7 Å². The van der Waals surface area contributed by atoms with E-state index in [2.05, 4.69) is 5.32 Å². The van der Waals surface area contributed by atoms with E-state index >= 15 is 0 Å². The molecule has 6 heteroatoms. The molecule has 0 aliphatic heterocycles. The lowest BCUT2D eigenvalue weighted by Gasteiger charge is -2.06. The number of carbonyl (C=O) groups excluding carboxylic acids is 1. The van der Waals surface area contributed by atoms with Crippen LogP contribution >= 0.6 is 22.9 Å². The maximum Gasteiger partial charge on any atom is 0.265 e. The molecule has 0 aliphatic rings. The highest BCUT2D eigenvalue weighted by Gasteiger charge is 2.10. The average Bonchev–Trinajstić information content (AvgIpc) is 3.09.